The Kier molecular flexibility index (Phi) is 7.26. The van der Waals surface area contributed by atoms with Crippen molar-refractivity contribution in [1.82, 2.24) is 0 Å². The maximum Gasteiger partial charge on any atom is 0.348 e. The summed E-state index contributed by atoms with van der Waals surface area (Å²) < 4.78 is 15.2. The van der Waals surface area contributed by atoms with Gasteiger partial charge >= 0.3 is 11.9 Å². The van der Waals surface area contributed by atoms with Crippen molar-refractivity contribution in [3.8, 4) is 0 Å². The minimum atomic E-state index is -0.520. The van der Waals surface area contributed by atoms with E-state index in [4.69, 9.17) is 26.4 Å². The normalized spacial score (nSPS) is 10.0. The molecule has 0 unspecified atom stereocenters. The lowest BCUT2D eigenvalue weighted by Gasteiger charge is -2.08. The Hall–Kier alpha value is -1.67. The first-order valence-corrected chi connectivity index (χ1v) is 8.10. The fourth-order valence-electron chi connectivity index (χ4n) is 1.70. The van der Waals surface area contributed by atoms with Gasteiger partial charge in [0.25, 0.3) is 5.17 Å². The molecule has 0 aliphatic rings. The zero-order chi connectivity index (χ0) is 16.7. The molecule has 0 radical (unpaired) electrons. The molecule has 0 fully saturated rings. The van der Waals surface area contributed by atoms with Gasteiger partial charge in [0.05, 0.1) is 25.4 Å². The van der Waals surface area contributed by atoms with Gasteiger partial charge in [-0.25, -0.2) is 9.59 Å². The van der Waals surface area contributed by atoms with Gasteiger partial charge in [-0.1, -0.05) is 0 Å². The molecule has 8 heteroatoms. The van der Waals surface area contributed by atoms with Crippen LogP contribution in [0.25, 0.3) is 0 Å². The van der Waals surface area contributed by atoms with Crippen molar-refractivity contribution < 1.29 is 23.8 Å². The van der Waals surface area contributed by atoms with Crippen LogP contribution in [0.15, 0.2) is 0 Å². The highest BCUT2D eigenvalue weighted by atomic mass is 32.1. The zero-order valence-electron chi connectivity index (χ0n) is 13.0. The van der Waals surface area contributed by atoms with E-state index in [1.54, 1.807) is 27.7 Å². The number of hydrogen-bond donors (Lipinski definition) is 1. The van der Waals surface area contributed by atoms with Crippen molar-refractivity contribution in [3.63, 3.8) is 0 Å². The zero-order valence-corrected chi connectivity index (χ0v) is 14.6. The summed E-state index contributed by atoms with van der Waals surface area (Å²) in [6.07, 6.45) is 0. The molecule has 0 atom stereocenters. The minimum Gasteiger partial charge on any atom is -0.471 e. The van der Waals surface area contributed by atoms with Crippen LogP contribution in [0.3, 0.4) is 0 Å². The summed E-state index contributed by atoms with van der Waals surface area (Å²) in [5.41, 5.74) is 0.778. The van der Waals surface area contributed by atoms with E-state index in [1.165, 1.54) is 0 Å². The number of thiophene rings is 1. The molecule has 0 saturated carbocycles. The number of esters is 2. The molecule has 1 rings (SSSR count). The lowest BCUT2D eigenvalue weighted by molar-refractivity contribution is 0.0527. The molecule has 0 aliphatic carbocycles. The molecule has 1 N–H and O–H groups in total. The first kappa shape index (κ1) is 18.4. The third-order valence-corrected chi connectivity index (χ3v) is 3.99. The minimum absolute atomic E-state index is 0.129. The highest BCUT2D eigenvalue weighted by Gasteiger charge is 2.26. The molecule has 1 heterocycles. The van der Waals surface area contributed by atoms with Gasteiger partial charge in [0.15, 0.2) is 0 Å². The molecule has 0 spiro atoms. The van der Waals surface area contributed by atoms with Crippen LogP contribution in [0.5, 0.6) is 0 Å². The van der Waals surface area contributed by atoms with Gasteiger partial charge in [-0.2, -0.15) is 0 Å². The summed E-state index contributed by atoms with van der Waals surface area (Å²) in [5.74, 6) is -1.00. The standard InChI is InChI=1S/C14H19NO5S2/c1-5-18-12(16)9-8(4)10(13(17)19-6-2)22-11(9)15-14(21)20-7-3/h5-7H2,1-4H3,(H,15,21). The average Bonchev–Trinajstić information content (AvgIpc) is 2.76. The fraction of sp³-hybridized carbons (Fsp3) is 0.500. The van der Waals surface area contributed by atoms with Crippen LogP contribution in [0.4, 0.5) is 5.00 Å². The van der Waals surface area contributed by atoms with Crippen molar-refractivity contribution in [2.24, 2.45) is 0 Å². The van der Waals surface area contributed by atoms with Crippen LogP contribution in [0.2, 0.25) is 0 Å². The van der Waals surface area contributed by atoms with Crippen LogP contribution in [0, 0.1) is 6.92 Å². The number of nitrogens with one attached hydrogen (secondary N) is 1. The Labute approximate surface area is 138 Å². The smallest absolute Gasteiger partial charge is 0.348 e. The summed E-state index contributed by atoms with van der Waals surface area (Å²) in [7, 11) is 0. The van der Waals surface area contributed by atoms with Gasteiger partial charge in [-0.3, -0.25) is 0 Å². The molecule has 6 nitrogen and oxygen atoms in total. The molecule has 0 amide bonds. The molecule has 0 saturated heterocycles. The maximum absolute atomic E-state index is 12.1. The second-order valence-corrected chi connectivity index (χ2v) is 5.44. The second kappa shape index (κ2) is 8.70. The molecular formula is C14H19NO5S2. The Bertz CT molecular complexity index is 568. The number of rotatable bonds is 6. The topological polar surface area (TPSA) is 73.9 Å². The van der Waals surface area contributed by atoms with Crippen molar-refractivity contribution in [1.29, 1.82) is 0 Å². The Morgan fingerprint density at radius 3 is 2.14 bits per heavy atom. The number of thiocarbonyl (C=S) groups is 1. The Balaban J connectivity index is 3.21. The average molecular weight is 345 g/mol. The fourth-order valence-corrected chi connectivity index (χ4v) is 3.07. The third kappa shape index (κ3) is 4.41. The monoisotopic (exact) mass is 345 g/mol. The largest absolute Gasteiger partial charge is 0.471 e. The Morgan fingerprint density at radius 2 is 1.59 bits per heavy atom. The van der Waals surface area contributed by atoms with Gasteiger partial charge in [-0.15, -0.1) is 11.3 Å². The summed E-state index contributed by atoms with van der Waals surface area (Å²) in [6, 6.07) is 0. The van der Waals surface area contributed by atoms with E-state index in [-0.39, 0.29) is 24.0 Å². The van der Waals surface area contributed by atoms with Gasteiger partial charge < -0.3 is 19.5 Å². The van der Waals surface area contributed by atoms with Crippen molar-refractivity contribution >= 4 is 45.7 Å². The van der Waals surface area contributed by atoms with Gasteiger partial charge in [0.2, 0.25) is 0 Å². The van der Waals surface area contributed by atoms with E-state index in [9.17, 15) is 9.59 Å². The van der Waals surface area contributed by atoms with E-state index in [1.807, 2.05) is 0 Å². The summed E-state index contributed by atoms with van der Waals surface area (Å²) in [5, 5.41) is 3.37. The number of anilines is 1. The summed E-state index contributed by atoms with van der Waals surface area (Å²) >= 11 is 6.11. The third-order valence-electron chi connectivity index (χ3n) is 2.58. The SMILES string of the molecule is CCOC(=O)c1sc(NC(=S)OCC)c(C(=O)OCC)c1C. The maximum atomic E-state index is 12.1. The van der Waals surface area contributed by atoms with E-state index in [0.717, 1.165) is 11.3 Å². The number of hydrogen-bond acceptors (Lipinski definition) is 7. The molecular weight excluding hydrogens is 326 g/mol. The van der Waals surface area contributed by atoms with Crippen LogP contribution < -0.4 is 5.32 Å². The van der Waals surface area contributed by atoms with E-state index < -0.39 is 11.9 Å². The molecule has 22 heavy (non-hydrogen) atoms. The highest BCUT2D eigenvalue weighted by molar-refractivity contribution is 7.80. The summed E-state index contributed by atoms with van der Waals surface area (Å²) in [4.78, 5) is 24.4. The quantitative estimate of drug-likeness (QED) is 0.627. The second-order valence-electron chi connectivity index (χ2n) is 4.05. The van der Waals surface area contributed by atoms with Crippen LogP contribution in [0.1, 0.15) is 46.4 Å². The van der Waals surface area contributed by atoms with Crippen molar-refractivity contribution in [2.75, 3.05) is 25.1 Å². The van der Waals surface area contributed by atoms with Gasteiger partial charge in [0.1, 0.15) is 9.88 Å². The predicted molar refractivity (Wildman–Crippen MR) is 88.8 cm³/mol. The summed E-state index contributed by atoms with van der Waals surface area (Å²) in [6.45, 7) is 7.78. The predicted octanol–water partition coefficient (Wildman–Crippen LogP) is 3.14. The molecule has 0 aliphatic heterocycles. The molecule has 1 aromatic heterocycles. The lowest BCUT2D eigenvalue weighted by atomic mass is 10.1. The number of carbonyl (C=O) groups excluding carboxylic acids is 2. The van der Waals surface area contributed by atoms with E-state index >= 15 is 0 Å². The molecule has 0 bridgehead atoms. The van der Waals surface area contributed by atoms with Crippen molar-refractivity contribution in [3.05, 3.63) is 16.0 Å². The first-order chi connectivity index (χ1) is 10.5. The van der Waals surface area contributed by atoms with Gasteiger partial charge in [0, 0.05) is 0 Å². The number of carbonyl (C=O) groups is 2. The van der Waals surface area contributed by atoms with Crippen LogP contribution in [-0.4, -0.2) is 36.9 Å². The molecule has 1 aromatic rings. The van der Waals surface area contributed by atoms with E-state index in [0.29, 0.717) is 22.0 Å². The number of ether oxygens (including phenoxy) is 3. The van der Waals surface area contributed by atoms with Gasteiger partial charge in [-0.05, 0) is 45.5 Å². The lowest BCUT2D eigenvalue weighted by Crippen LogP contribution is -2.15. The molecule has 0 aromatic carbocycles. The Morgan fingerprint density at radius 1 is 1.05 bits per heavy atom. The highest BCUT2D eigenvalue weighted by Crippen LogP contribution is 2.34. The van der Waals surface area contributed by atoms with Crippen molar-refractivity contribution in [2.45, 2.75) is 27.7 Å². The van der Waals surface area contributed by atoms with Crippen LogP contribution >= 0.6 is 23.6 Å². The van der Waals surface area contributed by atoms with E-state index in [2.05, 4.69) is 5.32 Å². The first-order valence-electron chi connectivity index (χ1n) is 6.87. The molecule has 122 valence electrons. The van der Waals surface area contributed by atoms with Crippen LogP contribution in [-0.2, 0) is 14.2 Å².